The quantitative estimate of drug-likeness (QED) is 0.548. The minimum absolute atomic E-state index is 0.390. The molecule has 0 amide bonds. The number of allylic oxidation sites excluding steroid dienone is 1. The number of carbonyl (C=O) groups excluding carboxylic acids is 1. The van der Waals surface area contributed by atoms with Crippen LogP contribution in [-0.4, -0.2) is 27.1 Å². The van der Waals surface area contributed by atoms with E-state index in [-0.39, 0.29) is 0 Å². The van der Waals surface area contributed by atoms with Gasteiger partial charge in [-0.2, -0.15) is 0 Å². The highest BCUT2D eigenvalue weighted by molar-refractivity contribution is 7.92. The fourth-order valence-corrected chi connectivity index (χ4v) is 5.11. The van der Waals surface area contributed by atoms with E-state index in [4.69, 9.17) is 16.3 Å². The molecule has 0 aliphatic heterocycles. The molecule has 144 valence electrons. The molecule has 5 nitrogen and oxygen atoms in total. The predicted molar refractivity (Wildman–Crippen MR) is 112 cm³/mol. The SMILES string of the molecule is COc1ccc(C=CC(=O)CS(=O)(=O)c2cc3cc(Cl)ccc3sc2=O)cc1. The summed E-state index contributed by atoms with van der Waals surface area (Å²) < 4.78 is 30.2. The summed E-state index contributed by atoms with van der Waals surface area (Å²) >= 11 is 6.74. The molecule has 0 N–H and O–H groups in total. The van der Waals surface area contributed by atoms with Gasteiger partial charge in [0.15, 0.2) is 15.6 Å². The molecule has 0 bridgehead atoms. The van der Waals surface area contributed by atoms with Crippen molar-refractivity contribution in [3.05, 3.63) is 74.7 Å². The summed E-state index contributed by atoms with van der Waals surface area (Å²) in [6, 6.07) is 13.1. The molecule has 1 aromatic heterocycles. The van der Waals surface area contributed by atoms with Crippen LogP contribution in [0.4, 0.5) is 0 Å². The number of halogens is 1. The second-order valence-corrected chi connectivity index (χ2v) is 9.32. The van der Waals surface area contributed by atoms with Crippen LogP contribution in [0.15, 0.2) is 64.3 Å². The summed E-state index contributed by atoms with van der Waals surface area (Å²) in [5.74, 6) is -0.730. The number of ether oxygens (including phenoxy) is 1. The van der Waals surface area contributed by atoms with Crippen molar-refractivity contribution in [2.24, 2.45) is 0 Å². The van der Waals surface area contributed by atoms with Gasteiger partial charge in [-0.1, -0.05) is 41.1 Å². The first-order valence-corrected chi connectivity index (χ1v) is 10.9. The van der Waals surface area contributed by atoms with Crippen molar-refractivity contribution in [3.63, 3.8) is 0 Å². The summed E-state index contributed by atoms with van der Waals surface area (Å²) in [5, 5.41) is 0.970. The minimum atomic E-state index is -4.08. The zero-order chi connectivity index (χ0) is 20.3. The molecule has 0 radical (unpaired) electrons. The van der Waals surface area contributed by atoms with Crippen LogP contribution in [0, 0.1) is 0 Å². The first kappa shape index (κ1) is 20.3. The largest absolute Gasteiger partial charge is 0.497 e. The lowest BCUT2D eigenvalue weighted by Crippen LogP contribution is -2.19. The summed E-state index contributed by atoms with van der Waals surface area (Å²) in [6.45, 7) is 0. The van der Waals surface area contributed by atoms with Crippen LogP contribution in [0.25, 0.3) is 16.2 Å². The number of methoxy groups -OCH3 is 1. The lowest BCUT2D eigenvalue weighted by molar-refractivity contribution is -0.112. The van der Waals surface area contributed by atoms with E-state index >= 15 is 0 Å². The zero-order valence-corrected chi connectivity index (χ0v) is 17.1. The topological polar surface area (TPSA) is 77.5 Å². The molecule has 1 heterocycles. The van der Waals surface area contributed by atoms with E-state index in [2.05, 4.69) is 0 Å². The molecule has 0 unspecified atom stereocenters. The molecule has 3 aromatic rings. The Hall–Kier alpha value is -2.48. The number of rotatable bonds is 6. The zero-order valence-electron chi connectivity index (χ0n) is 14.7. The van der Waals surface area contributed by atoms with Gasteiger partial charge < -0.3 is 4.74 Å². The number of hydrogen-bond donors (Lipinski definition) is 0. The summed E-state index contributed by atoms with van der Waals surface area (Å²) in [6.07, 6.45) is 2.70. The lowest BCUT2D eigenvalue weighted by atomic mass is 10.2. The Morgan fingerprint density at radius 1 is 1.14 bits per heavy atom. The van der Waals surface area contributed by atoms with Gasteiger partial charge in [0.05, 0.1) is 7.11 Å². The fourth-order valence-electron chi connectivity index (χ4n) is 2.51. The summed E-state index contributed by atoms with van der Waals surface area (Å²) in [5.41, 5.74) is 0.721. The molecule has 8 heteroatoms. The number of sulfone groups is 1. The maximum Gasteiger partial charge on any atom is 0.251 e. The molecule has 3 rings (SSSR count). The van der Waals surface area contributed by atoms with Gasteiger partial charge in [-0.25, -0.2) is 8.42 Å². The number of ketones is 1. The van der Waals surface area contributed by atoms with E-state index in [0.29, 0.717) is 20.9 Å². The number of hydrogen-bond acceptors (Lipinski definition) is 6. The maximum atomic E-state index is 12.6. The first-order valence-electron chi connectivity index (χ1n) is 8.09. The molecule has 0 saturated heterocycles. The monoisotopic (exact) mass is 434 g/mol. The van der Waals surface area contributed by atoms with Crippen LogP contribution >= 0.6 is 22.9 Å². The van der Waals surface area contributed by atoms with E-state index in [1.54, 1.807) is 49.6 Å². The smallest absolute Gasteiger partial charge is 0.251 e. The average molecular weight is 435 g/mol. The van der Waals surface area contributed by atoms with Crippen LogP contribution in [0.5, 0.6) is 5.75 Å². The van der Waals surface area contributed by atoms with Gasteiger partial charge in [0.25, 0.3) is 4.74 Å². The van der Waals surface area contributed by atoms with Gasteiger partial charge in [0.1, 0.15) is 16.4 Å². The van der Waals surface area contributed by atoms with Crippen molar-refractivity contribution in [2.45, 2.75) is 4.90 Å². The van der Waals surface area contributed by atoms with Crippen molar-refractivity contribution >= 4 is 54.7 Å². The first-order chi connectivity index (χ1) is 13.3. The van der Waals surface area contributed by atoms with Gasteiger partial charge in [-0.3, -0.25) is 9.59 Å². The average Bonchev–Trinajstić information content (AvgIpc) is 2.66. The predicted octanol–water partition coefficient (Wildman–Crippen LogP) is 3.98. The third kappa shape index (κ3) is 4.67. The molecule has 0 atom stereocenters. The van der Waals surface area contributed by atoms with E-state index in [1.165, 1.54) is 18.2 Å². The highest BCUT2D eigenvalue weighted by Crippen LogP contribution is 2.23. The van der Waals surface area contributed by atoms with Gasteiger partial charge >= 0.3 is 0 Å². The van der Waals surface area contributed by atoms with Crippen molar-refractivity contribution < 1.29 is 17.9 Å². The standard InChI is InChI=1S/C20H15ClO5S2/c1-26-17-7-3-13(4-8-17)2-6-16(22)12-28(24,25)19-11-14-10-15(21)5-9-18(14)27-20(19)23/h2-11H,12H2,1H3. The van der Waals surface area contributed by atoms with Gasteiger partial charge in [0, 0.05) is 9.72 Å². The van der Waals surface area contributed by atoms with E-state index in [1.807, 2.05) is 0 Å². The molecule has 0 aliphatic carbocycles. The highest BCUT2D eigenvalue weighted by Gasteiger charge is 2.22. The van der Waals surface area contributed by atoms with Crippen LogP contribution in [0.1, 0.15) is 5.56 Å². The fraction of sp³-hybridized carbons (Fsp3) is 0.100. The summed E-state index contributed by atoms with van der Waals surface area (Å²) in [4.78, 5) is 24.0. The lowest BCUT2D eigenvalue weighted by Gasteiger charge is -2.04. The Balaban J connectivity index is 1.83. The van der Waals surface area contributed by atoms with Crippen LogP contribution < -0.4 is 9.48 Å². The van der Waals surface area contributed by atoms with Crippen molar-refractivity contribution in [3.8, 4) is 5.75 Å². The van der Waals surface area contributed by atoms with Crippen LogP contribution in [0.2, 0.25) is 5.02 Å². The van der Waals surface area contributed by atoms with Crippen molar-refractivity contribution in [1.82, 2.24) is 0 Å². The highest BCUT2D eigenvalue weighted by atomic mass is 35.5. The van der Waals surface area contributed by atoms with E-state index < -0.39 is 31.0 Å². The Morgan fingerprint density at radius 3 is 2.54 bits per heavy atom. The molecule has 0 aliphatic rings. The third-order valence-corrected chi connectivity index (χ3v) is 6.91. The van der Waals surface area contributed by atoms with E-state index in [0.717, 1.165) is 16.9 Å². The Labute approximate surface area is 170 Å². The molecular weight excluding hydrogens is 420 g/mol. The molecule has 0 fully saturated rings. The van der Waals surface area contributed by atoms with Crippen molar-refractivity contribution in [1.29, 1.82) is 0 Å². The van der Waals surface area contributed by atoms with Crippen LogP contribution in [0.3, 0.4) is 0 Å². The Kier molecular flexibility index (Phi) is 5.98. The molecule has 28 heavy (non-hydrogen) atoms. The van der Waals surface area contributed by atoms with Gasteiger partial charge in [0.2, 0.25) is 0 Å². The Bertz CT molecular complexity index is 1230. The van der Waals surface area contributed by atoms with Gasteiger partial charge in [-0.15, -0.1) is 0 Å². The summed E-state index contributed by atoms with van der Waals surface area (Å²) in [7, 11) is -2.53. The van der Waals surface area contributed by atoms with E-state index in [9.17, 15) is 18.0 Å². The van der Waals surface area contributed by atoms with Gasteiger partial charge in [-0.05, 0) is 53.4 Å². The molecule has 0 spiro atoms. The third-order valence-electron chi connectivity index (χ3n) is 3.91. The van der Waals surface area contributed by atoms with Crippen molar-refractivity contribution in [2.75, 3.05) is 12.9 Å². The number of fused-ring (bicyclic) bond motifs is 1. The number of carbonyl (C=O) groups is 1. The normalized spacial score (nSPS) is 11.8. The van der Waals surface area contributed by atoms with Crippen LogP contribution in [-0.2, 0) is 14.6 Å². The second kappa shape index (κ2) is 8.26. The second-order valence-electron chi connectivity index (χ2n) is 5.91. The molecule has 0 saturated carbocycles. The number of benzene rings is 2. The molecular formula is C20H15ClO5S2. The minimum Gasteiger partial charge on any atom is -0.497 e. The molecule has 2 aromatic carbocycles. The maximum absolute atomic E-state index is 12.6. The Morgan fingerprint density at radius 2 is 1.86 bits per heavy atom.